The lowest BCUT2D eigenvalue weighted by molar-refractivity contribution is -0.125. The fraction of sp³-hybridized carbons (Fsp3) is 0.400. The van der Waals surface area contributed by atoms with E-state index in [2.05, 4.69) is 5.10 Å². The van der Waals surface area contributed by atoms with E-state index >= 15 is 0 Å². The maximum absolute atomic E-state index is 13.7. The van der Waals surface area contributed by atoms with Crippen LogP contribution < -0.4 is 0 Å². The van der Waals surface area contributed by atoms with E-state index in [1.807, 2.05) is 0 Å². The maximum atomic E-state index is 13.7. The van der Waals surface area contributed by atoms with Gasteiger partial charge in [0.15, 0.2) is 0 Å². The summed E-state index contributed by atoms with van der Waals surface area (Å²) >= 11 is 0. The first kappa shape index (κ1) is 22.1. The molecule has 0 bridgehead atoms. The van der Waals surface area contributed by atoms with E-state index in [0.29, 0.717) is 24.4 Å². The van der Waals surface area contributed by atoms with Gasteiger partial charge in [0, 0.05) is 44.9 Å². The summed E-state index contributed by atoms with van der Waals surface area (Å²) in [5.74, 6) is -1.61. The molecular formula is C20H24F2N4O3S. The Morgan fingerprint density at radius 3 is 2.53 bits per heavy atom. The molecule has 1 aliphatic heterocycles. The second-order valence-corrected chi connectivity index (χ2v) is 9.08. The highest BCUT2D eigenvalue weighted by Crippen LogP contribution is 2.24. The molecule has 0 spiro atoms. The number of hydrogen-bond acceptors (Lipinski definition) is 4. The number of aromatic nitrogens is 2. The molecule has 0 unspecified atom stereocenters. The van der Waals surface area contributed by atoms with Gasteiger partial charge in [0.1, 0.15) is 16.5 Å². The molecular weight excluding hydrogens is 414 g/mol. The molecule has 7 nitrogen and oxygen atoms in total. The summed E-state index contributed by atoms with van der Waals surface area (Å²) in [6.45, 7) is 4.35. The summed E-state index contributed by atoms with van der Waals surface area (Å²) in [5.41, 5.74) is 0.974. The van der Waals surface area contributed by atoms with E-state index in [0.717, 1.165) is 18.2 Å². The Morgan fingerprint density at radius 1 is 1.13 bits per heavy atom. The Hall–Kier alpha value is -2.59. The van der Waals surface area contributed by atoms with Gasteiger partial charge in [-0.05, 0) is 44.5 Å². The minimum Gasteiger partial charge on any atom is -0.338 e. The van der Waals surface area contributed by atoms with Gasteiger partial charge in [-0.3, -0.25) is 9.48 Å². The quantitative estimate of drug-likeness (QED) is 0.687. The van der Waals surface area contributed by atoms with Crippen molar-refractivity contribution in [2.75, 3.05) is 26.2 Å². The molecule has 1 aromatic heterocycles. The third kappa shape index (κ3) is 4.44. The molecule has 1 aliphatic rings. The van der Waals surface area contributed by atoms with Gasteiger partial charge in [0.2, 0.25) is 15.9 Å². The molecule has 0 saturated carbocycles. The number of halogens is 2. The number of nitrogens with zero attached hydrogens (tertiary/aromatic N) is 4. The molecule has 3 rings (SSSR count). The SMILES string of the molecule is Cc1nn(C)c(C)c1S(=O)(=O)N1CCCN(C(=O)C=Cc2cc(F)ccc2F)CC1. The monoisotopic (exact) mass is 438 g/mol. The average Bonchev–Trinajstić information content (AvgIpc) is 2.87. The number of carbonyl (C=O) groups excluding carboxylic acids is 1. The van der Waals surface area contributed by atoms with Gasteiger partial charge in [0.05, 0.1) is 11.4 Å². The first-order chi connectivity index (χ1) is 14.1. The van der Waals surface area contributed by atoms with Crippen molar-refractivity contribution >= 4 is 22.0 Å². The summed E-state index contributed by atoms with van der Waals surface area (Å²) in [6.07, 6.45) is 2.87. The van der Waals surface area contributed by atoms with Gasteiger partial charge >= 0.3 is 0 Å². The molecule has 2 heterocycles. The van der Waals surface area contributed by atoms with Crippen molar-refractivity contribution < 1.29 is 22.0 Å². The number of amides is 1. The van der Waals surface area contributed by atoms with Crippen LogP contribution in [0.25, 0.3) is 6.08 Å². The molecule has 0 aliphatic carbocycles. The normalized spacial score (nSPS) is 16.2. The second kappa shape index (κ2) is 8.65. The lowest BCUT2D eigenvalue weighted by Gasteiger charge is -2.21. The minimum atomic E-state index is -3.74. The third-order valence-electron chi connectivity index (χ3n) is 5.17. The van der Waals surface area contributed by atoms with Crippen molar-refractivity contribution in [3.63, 3.8) is 0 Å². The molecule has 0 radical (unpaired) electrons. The van der Waals surface area contributed by atoms with Crippen LogP contribution in [0.1, 0.15) is 23.4 Å². The Kier molecular flexibility index (Phi) is 6.37. The van der Waals surface area contributed by atoms with Gasteiger partial charge < -0.3 is 4.90 Å². The maximum Gasteiger partial charge on any atom is 0.246 e. The molecule has 1 amide bonds. The molecule has 162 valence electrons. The van der Waals surface area contributed by atoms with Crippen LogP contribution in [0, 0.1) is 25.5 Å². The fourth-order valence-electron chi connectivity index (χ4n) is 3.52. The van der Waals surface area contributed by atoms with Crippen LogP contribution in [0.4, 0.5) is 8.78 Å². The predicted octanol–water partition coefficient (Wildman–Crippen LogP) is 2.25. The lowest BCUT2D eigenvalue weighted by atomic mass is 10.2. The summed E-state index contributed by atoms with van der Waals surface area (Å²) in [4.78, 5) is 14.2. The lowest BCUT2D eigenvalue weighted by Crippen LogP contribution is -2.37. The third-order valence-corrected chi connectivity index (χ3v) is 7.32. The highest BCUT2D eigenvalue weighted by Gasteiger charge is 2.32. The fourth-order valence-corrected chi connectivity index (χ4v) is 5.39. The Labute approximate surface area is 174 Å². The van der Waals surface area contributed by atoms with E-state index in [1.165, 1.54) is 26.0 Å². The Balaban J connectivity index is 1.72. The zero-order chi connectivity index (χ0) is 22.1. The first-order valence-electron chi connectivity index (χ1n) is 9.53. The topological polar surface area (TPSA) is 75.5 Å². The van der Waals surface area contributed by atoms with Crippen LogP contribution in [0.5, 0.6) is 0 Å². The molecule has 0 atom stereocenters. The summed E-state index contributed by atoms with van der Waals surface area (Å²) in [6, 6.07) is 3.01. The van der Waals surface area contributed by atoms with Crippen molar-refractivity contribution in [2.45, 2.75) is 25.2 Å². The van der Waals surface area contributed by atoms with Crippen molar-refractivity contribution in [1.82, 2.24) is 19.0 Å². The van der Waals surface area contributed by atoms with Gasteiger partial charge in [0.25, 0.3) is 0 Å². The number of aryl methyl sites for hydroxylation is 2. The highest BCUT2D eigenvalue weighted by molar-refractivity contribution is 7.89. The van der Waals surface area contributed by atoms with Crippen molar-refractivity contribution in [3.05, 3.63) is 52.9 Å². The molecule has 30 heavy (non-hydrogen) atoms. The van der Waals surface area contributed by atoms with Crippen LogP contribution in [0.3, 0.4) is 0 Å². The second-order valence-electron chi connectivity index (χ2n) is 7.21. The van der Waals surface area contributed by atoms with E-state index in [4.69, 9.17) is 0 Å². The standard InChI is InChI=1S/C20H24F2N4O3S/c1-14-20(15(2)24(3)23-14)30(28,29)26-10-4-9-25(11-12-26)19(27)8-5-16-13-17(21)6-7-18(16)22/h5-8,13H,4,9-12H2,1-3H3. The highest BCUT2D eigenvalue weighted by atomic mass is 32.2. The van der Waals surface area contributed by atoms with E-state index < -0.39 is 21.7 Å². The minimum absolute atomic E-state index is 0.0232. The van der Waals surface area contributed by atoms with Crippen LogP contribution in [-0.4, -0.2) is 59.5 Å². The molecule has 1 fully saturated rings. The first-order valence-corrected chi connectivity index (χ1v) is 11.0. The average molecular weight is 439 g/mol. The van der Waals surface area contributed by atoms with Crippen LogP contribution >= 0.6 is 0 Å². The zero-order valence-electron chi connectivity index (χ0n) is 17.1. The summed E-state index contributed by atoms with van der Waals surface area (Å²) in [7, 11) is -2.05. The zero-order valence-corrected chi connectivity index (χ0v) is 17.9. The molecule has 2 aromatic rings. The van der Waals surface area contributed by atoms with Gasteiger partial charge in [-0.25, -0.2) is 17.2 Å². The smallest absolute Gasteiger partial charge is 0.246 e. The van der Waals surface area contributed by atoms with Crippen molar-refractivity contribution in [3.8, 4) is 0 Å². The van der Waals surface area contributed by atoms with Crippen LogP contribution in [0.2, 0.25) is 0 Å². The number of carbonyl (C=O) groups is 1. The van der Waals surface area contributed by atoms with Crippen molar-refractivity contribution in [1.29, 1.82) is 0 Å². The van der Waals surface area contributed by atoms with Crippen molar-refractivity contribution in [2.24, 2.45) is 7.05 Å². The van der Waals surface area contributed by atoms with E-state index in [1.54, 1.807) is 20.9 Å². The molecule has 1 saturated heterocycles. The summed E-state index contributed by atoms with van der Waals surface area (Å²) in [5, 5.41) is 4.18. The molecule has 0 N–H and O–H groups in total. The number of sulfonamides is 1. The van der Waals surface area contributed by atoms with Gasteiger partial charge in [-0.2, -0.15) is 9.40 Å². The molecule has 1 aromatic carbocycles. The van der Waals surface area contributed by atoms with Gasteiger partial charge in [-0.1, -0.05) is 0 Å². The number of hydrogen-bond donors (Lipinski definition) is 0. The van der Waals surface area contributed by atoms with Gasteiger partial charge in [-0.15, -0.1) is 0 Å². The predicted molar refractivity (Wildman–Crippen MR) is 108 cm³/mol. The Morgan fingerprint density at radius 2 is 1.87 bits per heavy atom. The number of benzene rings is 1. The largest absolute Gasteiger partial charge is 0.338 e. The summed E-state index contributed by atoms with van der Waals surface area (Å²) < 4.78 is 56.1. The molecule has 10 heteroatoms. The van der Waals surface area contributed by atoms with E-state index in [9.17, 15) is 22.0 Å². The van der Waals surface area contributed by atoms with Crippen LogP contribution in [0.15, 0.2) is 29.2 Å². The van der Waals surface area contributed by atoms with E-state index in [-0.39, 0.29) is 36.0 Å². The van der Waals surface area contributed by atoms with Crippen LogP contribution in [-0.2, 0) is 21.9 Å². The number of rotatable bonds is 4. The Bertz CT molecular complexity index is 1100.